The number of nitrogens with one attached hydrogen (secondary N) is 2. The molecule has 206 valence electrons. The van der Waals surface area contributed by atoms with Gasteiger partial charge in [-0.15, -0.1) is 0 Å². The summed E-state index contributed by atoms with van der Waals surface area (Å²) in [5.74, 6) is 0.103. The smallest absolute Gasteiger partial charge is 0.251 e. The van der Waals surface area contributed by atoms with Gasteiger partial charge in [0.1, 0.15) is 17.3 Å². The molecule has 0 aromatic heterocycles. The van der Waals surface area contributed by atoms with Crippen molar-refractivity contribution in [3.63, 3.8) is 0 Å². The Labute approximate surface area is 235 Å². The molecule has 8 heteroatoms. The molecule has 0 saturated carbocycles. The average Bonchev–Trinajstić information content (AvgIpc) is 3.01. The van der Waals surface area contributed by atoms with Gasteiger partial charge in [0.2, 0.25) is 0 Å². The lowest BCUT2D eigenvalue weighted by Crippen LogP contribution is -2.26. The normalized spacial score (nSPS) is 12.5. The molecule has 0 aliphatic carbocycles. The molecule has 0 radical (unpaired) electrons. The lowest BCUT2D eigenvalue weighted by molar-refractivity contribution is 0.0937. The fourth-order valence-corrected chi connectivity index (χ4v) is 5.52. The van der Waals surface area contributed by atoms with Crippen LogP contribution in [0.15, 0.2) is 84.9 Å². The van der Waals surface area contributed by atoms with E-state index in [-0.39, 0.29) is 49.9 Å². The summed E-state index contributed by atoms with van der Waals surface area (Å²) >= 11 is 0. The highest BCUT2D eigenvalue weighted by Crippen LogP contribution is 2.52. The van der Waals surface area contributed by atoms with E-state index in [1.165, 1.54) is 12.1 Å². The van der Waals surface area contributed by atoms with Gasteiger partial charge in [0, 0.05) is 41.3 Å². The number of benzene rings is 5. The molecule has 0 atom stereocenters. The molecule has 0 fully saturated rings. The first-order valence-corrected chi connectivity index (χ1v) is 13.3. The van der Waals surface area contributed by atoms with Gasteiger partial charge in [-0.25, -0.2) is 4.39 Å². The minimum absolute atomic E-state index is 0.147. The Kier molecular flexibility index (Phi) is 7.09. The highest BCUT2D eigenvalue weighted by molar-refractivity contribution is 6.02. The number of fused-ring (bicyclic) bond motifs is 6. The van der Waals surface area contributed by atoms with Crippen LogP contribution in [0.4, 0.5) is 4.39 Å². The standard InChI is InChI=1S/C33H27FN2O5/c34-24-7-1-19(2-8-24)29-30-25-9-3-22(32(39)35-13-15-37)17-20(25)5-11-27(30)41-28-12-6-21-18-23(33(40)36-14-16-38)4-10-26(21)31(28)29/h1-12,17-18,29,37-38H,13-16H2,(H,35,39)(H,36,40). The number of carbonyl (C=O) groups is 2. The van der Waals surface area contributed by atoms with Gasteiger partial charge in [-0.3, -0.25) is 9.59 Å². The summed E-state index contributed by atoms with van der Waals surface area (Å²) in [4.78, 5) is 25.1. The Morgan fingerprint density at radius 3 is 1.63 bits per heavy atom. The van der Waals surface area contributed by atoms with Crippen LogP contribution < -0.4 is 15.4 Å². The van der Waals surface area contributed by atoms with Crippen LogP contribution in [0.5, 0.6) is 11.5 Å². The molecule has 4 N–H and O–H groups in total. The average molecular weight is 551 g/mol. The van der Waals surface area contributed by atoms with Crippen LogP contribution in [0.3, 0.4) is 0 Å². The fourth-order valence-electron chi connectivity index (χ4n) is 5.52. The van der Waals surface area contributed by atoms with E-state index < -0.39 is 0 Å². The number of aliphatic hydroxyl groups excluding tert-OH is 2. The van der Waals surface area contributed by atoms with Crippen LogP contribution in [0.1, 0.15) is 43.3 Å². The molecule has 0 spiro atoms. The van der Waals surface area contributed by atoms with E-state index in [1.54, 1.807) is 36.4 Å². The molecule has 1 aliphatic heterocycles. The quantitative estimate of drug-likeness (QED) is 0.227. The van der Waals surface area contributed by atoms with Crippen molar-refractivity contribution in [2.75, 3.05) is 26.3 Å². The van der Waals surface area contributed by atoms with Gasteiger partial charge in [-0.05, 0) is 75.6 Å². The summed E-state index contributed by atoms with van der Waals surface area (Å²) in [6, 6.07) is 24.9. The van der Waals surface area contributed by atoms with Crippen LogP contribution in [0.2, 0.25) is 0 Å². The fraction of sp³-hybridized carbons (Fsp3) is 0.152. The number of hydrogen-bond donors (Lipinski definition) is 4. The third kappa shape index (κ3) is 4.88. The Morgan fingerprint density at radius 2 is 1.17 bits per heavy atom. The predicted molar refractivity (Wildman–Crippen MR) is 154 cm³/mol. The van der Waals surface area contributed by atoms with Gasteiger partial charge in [0.15, 0.2) is 0 Å². The molecule has 1 heterocycles. The van der Waals surface area contributed by atoms with Crippen LogP contribution in [0, 0.1) is 5.82 Å². The zero-order chi connectivity index (χ0) is 28.5. The van der Waals surface area contributed by atoms with Crippen molar-refractivity contribution in [2.45, 2.75) is 5.92 Å². The van der Waals surface area contributed by atoms with Crippen LogP contribution >= 0.6 is 0 Å². The maximum atomic E-state index is 14.0. The molecule has 7 nitrogen and oxygen atoms in total. The van der Waals surface area contributed by atoms with Crippen molar-refractivity contribution in [3.05, 3.63) is 119 Å². The summed E-state index contributed by atoms with van der Waals surface area (Å²) in [6.07, 6.45) is 0. The molecule has 5 aromatic carbocycles. The first kappa shape index (κ1) is 26.4. The Morgan fingerprint density at radius 1 is 0.683 bits per heavy atom. The number of hydrogen-bond acceptors (Lipinski definition) is 5. The minimum Gasteiger partial charge on any atom is -0.457 e. The number of carbonyl (C=O) groups excluding carboxylic acids is 2. The second-order valence-electron chi connectivity index (χ2n) is 9.87. The number of rotatable bonds is 7. The van der Waals surface area contributed by atoms with Gasteiger partial charge in [0.05, 0.1) is 13.2 Å². The van der Waals surface area contributed by atoms with E-state index in [0.29, 0.717) is 22.6 Å². The maximum Gasteiger partial charge on any atom is 0.251 e. The van der Waals surface area contributed by atoms with Crippen LogP contribution in [-0.2, 0) is 0 Å². The summed E-state index contributed by atoms with van der Waals surface area (Å²) in [5.41, 5.74) is 3.59. The second kappa shape index (κ2) is 11.0. The number of aliphatic hydroxyl groups is 2. The maximum absolute atomic E-state index is 14.0. The predicted octanol–water partition coefficient (Wildman–Crippen LogP) is 4.86. The van der Waals surface area contributed by atoms with E-state index in [2.05, 4.69) is 10.6 Å². The van der Waals surface area contributed by atoms with Gasteiger partial charge < -0.3 is 25.6 Å². The van der Waals surface area contributed by atoms with Gasteiger partial charge >= 0.3 is 0 Å². The minimum atomic E-state index is -0.339. The van der Waals surface area contributed by atoms with Crippen molar-refractivity contribution < 1.29 is 28.9 Å². The Bertz CT molecular complexity index is 1690. The van der Waals surface area contributed by atoms with Crippen molar-refractivity contribution in [3.8, 4) is 11.5 Å². The zero-order valence-corrected chi connectivity index (χ0v) is 22.0. The van der Waals surface area contributed by atoms with Crippen LogP contribution in [-0.4, -0.2) is 48.3 Å². The summed E-state index contributed by atoms with van der Waals surface area (Å²) < 4.78 is 20.5. The second-order valence-corrected chi connectivity index (χ2v) is 9.87. The van der Waals surface area contributed by atoms with Crippen molar-refractivity contribution in [2.24, 2.45) is 0 Å². The van der Waals surface area contributed by atoms with E-state index in [4.69, 9.17) is 14.9 Å². The molecule has 6 rings (SSSR count). The molecule has 2 amide bonds. The summed E-state index contributed by atoms with van der Waals surface area (Å²) in [7, 11) is 0. The van der Waals surface area contributed by atoms with Crippen molar-refractivity contribution >= 4 is 33.4 Å². The van der Waals surface area contributed by atoms with Gasteiger partial charge in [-0.2, -0.15) is 0 Å². The number of ether oxygens (including phenoxy) is 1. The van der Waals surface area contributed by atoms with Crippen molar-refractivity contribution in [1.29, 1.82) is 0 Å². The molecular formula is C33H27FN2O5. The molecule has 0 saturated heterocycles. The molecule has 1 aliphatic rings. The first-order chi connectivity index (χ1) is 20.0. The monoisotopic (exact) mass is 550 g/mol. The van der Waals surface area contributed by atoms with E-state index in [1.807, 2.05) is 36.4 Å². The highest BCUT2D eigenvalue weighted by atomic mass is 19.1. The summed E-state index contributed by atoms with van der Waals surface area (Å²) in [6.45, 7) is 0.0316. The third-order valence-corrected chi connectivity index (χ3v) is 7.36. The molecule has 0 bridgehead atoms. The van der Waals surface area contributed by atoms with Crippen LogP contribution in [0.25, 0.3) is 21.5 Å². The lowest BCUT2D eigenvalue weighted by atomic mass is 9.78. The topological polar surface area (TPSA) is 108 Å². The Balaban J connectivity index is 1.54. The number of amides is 2. The summed E-state index contributed by atoms with van der Waals surface area (Å²) in [5, 5.41) is 27.0. The highest BCUT2D eigenvalue weighted by Gasteiger charge is 2.32. The zero-order valence-electron chi connectivity index (χ0n) is 22.0. The Hall–Kier alpha value is -4.79. The van der Waals surface area contributed by atoms with Crippen molar-refractivity contribution in [1.82, 2.24) is 10.6 Å². The molecule has 0 unspecified atom stereocenters. The SMILES string of the molecule is O=C(NCCO)c1ccc2c3c(ccc2c1)Oc1ccc2cc(C(=O)NCCO)ccc2c1C3c1ccc(F)cc1. The van der Waals surface area contributed by atoms with E-state index >= 15 is 0 Å². The molecule has 41 heavy (non-hydrogen) atoms. The molecular weight excluding hydrogens is 523 g/mol. The number of halogens is 1. The lowest BCUT2D eigenvalue weighted by Gasteiger charge is -2.31. The first-order valence-electron chi connectivity index (χ1n) is 13.3. The van der Waals surface area contributed by atoms with E-state index in [0.717, 1.165) is 38.2 Å². The third-order valence-electron chi connectivity index (χ3n) is 7.36. The van der Waals surface area contributed by atoms with E-state index in [9.17, 15) is 14.0 Å². The largest absolute Gasteiger partial charge is 0.457 e. The molecule has 5 aromatic rings. The van der Waals surface area contributed by atoms with Gasteiger partial charge in [0.25, 0.3) is 11.8 Å². The van der Waals surface area contributed by atoms with Gasteiger partial charge in [-0.1, -0.05) is 36.4 Å².